The van der Waals surface area contributed by atoms with Crippen LogP contribution < -0.4 is 5.32 Å². The standard InChI is InChI=1S/C12H15NO3S3/c1-7(19-12(16)9-3-2-5-17-9)10(14)13-8-4-6-18-11(8)15/h3,7-8H,2,4-6H2,1H3,(H,13,14). The van der Waals surface area contributed by atoms with Gasteiger partial charge in [0.05, 0.1) is 16.2 Å². The molecule has 0 aromatic carbocycles. The lowest BCUT2D eigenvalue weighted by Gasteiger charge is -2.14. The number of amides is 1. The number of thioether (sulfide) groups is 3. The Morgan fingerprint density at radius 2 is 2.21 bits per heavy atom. The number of carbonyl (C=O) groups is 3. The van der Waals surface area contributed by atoms with Crippen molar-refractivity contribution in [2.24, 2.45) is 0 Å². The highest BCUT2D eigenvalue weighted by atomic mass is 32.2. The second kappa shape index (κ2) is 6.85. The SMILES string of the molecule is CC(SC(=O)C1=CCCS1)C(=O)NC1CCSC1=O. The van der Waals surface area contributed by atoms with Crippen molar-refractivity contribution in [3.8, 4) is 0 Å². The highest BCUT2D eigenvalue weighted by Crippen LogP contribution is 2.31. The van der Waals surface area contributed by atoms with E-state index in [1.807, 2.05) is 6.08 Å². The monoisotopic (exact) mass is 317 g/mol. The zero-order valence-corrected chi connectivity index (χ0v) is 13.0. The first-order chi connectivity index (χ1) is 9.08. The molecule has 2 aliphatic heterocycles. The molecule has 1 fully saturated rings. The predicted octanol–water partition coefficient (Wildman–Crippen LogP) is 1.80. The molecule has 0 aliphatic carbocycles. The maximum Gasteiger partial charge on any atom is 0.233 e. The molecule has 0 saturated carbocycles. The molecule has 0 bridgehead atoms. The quantitative estimate of drug-likeness (QED) is 0.853. The summed E-state index contributed by atoms with van der Waals surface area (Å²) >= 11 is 3.82. The lowest BCUT2D eigenvalue weighted by Crippen LogP contribution is -2.41. The lowest BCUT2D eigenvalue weighted by molar-refractivity contribution is -0.124. The molecule has 0 aromatic heterocycles. The van der Waals surface area contributed by atoms with Crippen molar-refractivity contribution in [1.82, 2.24) is 5.32 Å². The second-order valence-electron chi connectivity index (χ2n) is 4.27. The number of hydrogen-bond acceptors (Lipinski definition) is 6. The molecule has 1 saturated heterocycles. The number of carbonyl (C=O) groups excluding carboxylic acids is 3. The van der Waals surface area contributed by atoms with Crippen LogP contribution in [-0.4, -0.2) is 38.9 Å². The average molecular weight is 317 g/mol. The number of hydrogen-bond donors (Lipinski definition) is 1. The zero-order valence-electron chi connectivity index (χ0n) is 10.5. The third kappa shape index (κ3) is 4.03. The Bertz CT molecular complexity index is 436. The Morgan fingerprint density at radius 1 is 1.42 bits per heavy atom. The predicted molar refractivity (Wildman–Crippen MR) is 81.2 cm³/mol. The van der Waals surface area contributed by atoms with E-state index >= 15 is 0 Å². The molecule has 2 aliphatic rings. The van der Waals surface area contributed by atoms with Crippen molar-refractivity contribution >= 4 is 51.4 Å². The molecule has 19 heavy (non-hydrogen) atoms. The largest absolute Gasteiger partial charge is 0.344 e. The Hall–Kier alpha value is -0.400. The van der Waals surface area contributed by atoms with Crippen LogP contribution in [0.5, 0.6) is 0 Å². The van der Waals surface area contributed by atoms with Crippen LogP contribution in [0.25, 0.3) is 0 Å². The van der Waals surface area contributed by atoms with E-state index in [4.69, 9.17) is 0 Å². The van der Waals surface area contributed by atoms with E-state index in [9.17, 15) is 14.4 Å². The molecule has 2 rings (SSSR count). The minimum absolute atomic E-state index is 0.0194. The molecule has 1 N–H and O–H groups in total. The van der Waals surface area contributed by atoms with Crippen molar-refractivity contribution in [1.29, 1.82) is 0 Å². The van der Waals surface area contributed by atoms with Crippen LogP contribution in [0.4, 0.5) is 0 Å². The third-order valence-electron chi connectivity index (χ3n) is 2.81. The summed E-state index contributed by atoms with van der Waals surface area (Å²) in [7, 11) is 0. The summed E-state index contributed by atoms with van der Waals surface area (Å²) in [5.41, 5.74) is 0. The molecule has 0 spiro atoms. The van der Waals surface area contributed by atoms with Crippen LogP contribution in [0.15, 0.2) is 11.0 Å². The molecule has 0 aromatic rings. The van der Waals surface area contributed by atoms with Crippen LogP contribution in [-0.2, 0) is 14.4 Å². The van der Waals surface area contributed by atoms with E-state index in [1.54, 1.807) is 6.92 Å². The van der Waals surface area contributed by atoms with Crippen molar-refractivity contribution in [2.45, 2.75) is 31.1 Å². The topological polar surface area (TPSA) is 63.2 Å². The van der Waals surface area contributed by atoms with Crippen LogP contribution in [0, 0.1) is 0 Å². The van der Waals surface area contributed by atoms with Gasteiger partial charge in [0, 0.05) is 11.5 Å². The fourth-order valence-electron chi connectivity index (χ4n) is 1.75. The van der Waals surface area contributed by atoms with Gasteiger partial charge in [0.25, 0.3) is 0 Å². The minimum Gasteiger partial charge on any atom is -0.344 e. The average Bonchev–Trinajstić information content (AvgIpc) is 3.01. The molecule has 104 valence electrons. The van der Waals surface area contributed by atoms with E-state index in [0.29, 0.717) is 6.42 Å². The van der Waals surface area contributed by atoms with Gasteiger partial charge in [-0.05, 0) is 19.8 Å². The molecular weight excluding hydrogens is 302 g/mol. The summed E-state index contributed by atoms with van der Waals surface area (Å²) in [6.07, 6.45) is 3.52. The van der Waals surface area contributed by atoms with Gasteiger partial charge in [0.1, 0.15) is 0 Å². The van der Waals surface area contributed by atoms with Gasteiger partial charge in [-0.1, -0.05) is 29.6 Å². The molecule has 2 heterocycles. The highest BCUT2D eigenvalue weighted by Gasteiger charge is 2.29. The maximum absolute atomic E-state index is 11.9. The fraction of sp³-hybridized carbons (Fsp3) is 0.583. The van der Waals surface area contributed by atoms with Gasteiger partial charge in [-0.3, -0.25) is 14.4 Å². The van der Waals surface area contributed by atoms with Crippen molar-refractivity contribution in [2.75, 3.05) is 11.5 Å². The first-order valence-corrected chi connectivity index (χ1v) is 8.94. The van der Waals surface area contributed by atoms with Gasteiger partial charge in [0.2, 0.25) is 16.1 Å². The number of nitrogens with one attached hydrogen (secondary N) is 1. The Labute approximate surface area is 124 Å². The molecule has 2 atom stereocenters. The maximum atomic E-state index is 11.9. The highest BCUT2D eigenvalue weighted by molar-refractivity contribution is 8.18. The molecular formula is C12H15NO3S3. The van der Waals surface area contributed by atoms with Crippen LogP contribution >= 0.6 is 35.3 Å². The van der Waals surface area contributed by atoms with Crippen LogP contribution in [0.1, 0.15) is 19.8 Å². The van der Waals surface area contributed by atoms with E-state index in [2.05, 4.69) is 5.32 Å². The van der Waals surface area contributed by atoms with Gasteiger partial charge in [0.15, 0.2) is 0 Å². The third-order valence-corrected chi connectivity index (χ3v) is 6.05. The Kier molecular flexibility index (Phi) is 5.41. The van der Waals surface area contributed by atoms with Gasteiger partial charge in [-0.25, -0.2) is 0 Å². The normalized spacial score (nSPS) is 24.2. The summed E-state index contributed by atoms with van der Waals surface area (Å²) in [5.74, 6) is 1.46. The molecule has 4 nitrogen and oxygen atoms in total. The number of allylic oxidation sites excluding steroid dienone is 1. The summed E-state index contributed by atoms with van der Waals surface area (Å²) in [5, 5.41) is 2.23. The second-order valence-corrected chi connectivity index (χ2v) is 7.82. The fourth-order valence-corrected chi connectivity index (χ4v) is 4.51. The van der Waals surface area contributed by atoms with Gasteiger partial charge in [-0.15, -0.1) is 11.8 Å². The Balaban J connectivity index is 1.81. The van der Waals surface area contributed by atoms with Crippen molar-refractivity contribution < 1.29 is 14.4 Å². The summed E-state index contributed by atoms with van der Waals surface area (Å²) in [4.78, 5) is 36.0. The summed E-state index contributed by atoms with van der Waals surface area (Å²) < 4.78 is 0. The minimum atomic E-state index is -0.465. The summed E-state index contributed by atoms with van der Waals surface area (Å²) in [6.45, 7) is 1.70. The molecule has 1 amide bonds. The number of rotatable bonds is 4. The van der Waals surface area contributed by atoms with Crippen LogP contribution in [0.3, 0.4) is 0 Å². The first kappa shape index (κ1) is 15.0. The van der Waals surface area contributed by atoms with Crippen molar-refractivity contribution in [3.63, 3.8) is 0 Å². The molecule has 0 radical (unpaired) electrons. The smallest absolute Gasteiger partial charge is 0.233 e. The van der Waals surface area contributed by atoms with E-state index in [1.165, 1.54) is 23.5 Å². The Morgan fingerprint density at radius 3 is 2.79 bits per heavy atom. The van der Waals surface area contributed by atoms with Gasteiger partial charge < -0.3 is 5.32 Å². The van der Waals surface area contributed by atoms with Gasteiger partial charge in [-0.2, -0.15) is 0 Å². The van der Waals surface area contributed by atoms with Crippen LogP contribution in [0.2, 0.25) is 0 Å². The molecule has 7 heteroatoms. The summed E-state index contributed by atoms with van der Waals surface area (Å²) in [6, 6.07) is -0.379. The lowest BCUT2D eigenvalue weighted by atomic mass is 10.2. The zero-order chi connectivity index (χ0) is 13.8. The van der Waals surface area contributed by atoms with E-state index in [0.717, 1.165) is 34.6 Å². The van der Waals surface area contributed by atoms with E-state index in [-0.39, 0.29) is 22.2 Å². The van der Waals surface area contributed by atoms with E-state index < -0.39 is 5.25 Å². The molecule has 2 unspecified atom stereocenters. The van der Waals surface area contributed by atoms with Gasteiger partial charge >= 0.3 is 0 Å². The first-order valence-electron chi connectivity index (χ1n) is 6.09. The van der Waals surface area contributed by atoms with Crippen molar-refractivity contribution in [3.05, 3.63) is 11.0 Å².